The van der Waals surface area contributed by atoms with E-state index in [9.17, 15) is 36.0 Å². The van der Waals surface area contributed by atoms with Crippen LogP contribution in [0.2, 0.25) is 18.1 Å². The molecule has 1 saturated carbocycles. The number of esters is 2. The monoisotopic (exact) mass is 723 g/mol. The molecule has 3 aliphatic rings. The number of aryl methyl sites for hydroxylation is 1. The van der Waals surface area contributed by atoms with E-state index in [-0.39, 0.29) is 23.9 Å². The van der Waals surface area contributed by atoms with Crippen molar-refractivity contribution in [2.45, 2.75) is 99.9 Å². The molecule has 1 aromatic carbocycles. The van der Waals surface area contributed by atoms with Crippen molar-refractivity contribution < 1.29 is 58.8 Å². The molecule has 2 aliphatic heterocycles. The lowest BCUT2D eigenvalue weighted by Crippen LogP contribution is -2.50. The van der Waals surface area contributed by atoms with Crippen LogP contribution in [0.25, 0.3) is 0 Å². The number of halogens is 3. The third kappa shape index (κ3) is 6.05. The summed E-state index contributed by atoms with van der Waals surface area (Å²) < 4.78 is 108. The highest BCUT2D eigenvalue weighted by Gasteiger charge is 2.76. The van der Waals surface area contributed by atoms with Crippen molar-refractivity contribution in [3.63, 3.8) is 0 Å². The lowest BCUT2D eigenvalue weighted by atomic mass is 9.82. The van der Waals surface area contributed by atoms with E-state index in [1.54, 1.807) is 6.92 Å². The minimum Gasteiger partial charge on any atom is -0.541 e. The summed E-state index contributed by atoms with van der Waals surface area (Å²) in [6, 6.07) is 5.23. The summed E-state index contributed by atoms with van der Waals surface area (Å²) in [6.45, 7) is 13.7. The summed E-state index contributed by atoms with van der Waals surface area (Å²) in [7, 11) is -13.9. The molecule has 11 nitrogen and oxygen atoms in total. The highest BCUT2D eigenvalue weighted by atomic mass is 32.3. The van der Waals surface area contributed by atoms with Crippen molar-refractivity contribution in [2.75, 3.05) is 13.2 Å². The first-order chi connectivity index (χ1) is 21.4. The van der Waals surface area contributed by atoms with E-state index < -0.39 is 97.5 Å². The second-order valence-corrected chi connectivity index (χ2v) is 22.4. The molecule has 0 radical (unpaired) electrons. The number of sulfonamides is 1. The molecule has 2 heterocycles. The predicted octanol–water partition coefficient (Wildman–Crippen LogP) is 5.19. The number of Topliss-reactive ketones (excluding diaryl/α,β-unsaturated/α-hetero) is 1. The predicted molar refractivity (Wildman–Crippen MR) is 166 cm³/mol. The topological polar surface area (TPSA) is 152 Å². The van der Waals surface area contributed by atoms with E-state index in [1.165, 1.54) is 44.2 Å². The van der Waals surface area contributed by atoms with Crippen LogP contribution in [0.5, 0.6) is 0 Å². The smallest absolute Gasteiger partial charge is 0.519 e. The van der Waals surface area contributed by atoms with Crippen LogP contribution in [0, 0.1) is 18.3 Å². The Morgan fingerprint density at radius 1 is 1.02 bits per heavy atom. The number of rotatable bonds is 9. The summed E-state index contributed by atoms with van der Waals surface area (Å²) in [5.41, 5.74) is -9.64. The van der Waals surface area contributed by atoms with E-state index in [1.807, 2.05) is 33.9 Å². The molecule has 0 N–H and O–H groups in total. The molecular weight excluding hydrogens is 684 g/mol. The molecule has 1 spiro atoms. The summed E-state index contributed by atoms with van der Waals surface area (Å²) in [4.78, 5) is 41.3. The standard InChI is InChI=1S/C30H40F3NO10S2Si/c1-9-41-25(36)28(26(37)42-10-2)16-20-23(45(38,19-13-11-18(3)12-14-19)34-46(39,40)30(31,32)33)21-15-22(24(35)29(20,17-28)43-21)44-47(7,8)27(4,5)6/h11-15,20-21,23H,9-10,16-17H2,1-8H3/t20-,21-,23-,29-,45?/m0/s1. The molecule has 0 amide bonds. The highest BCUT2D eigenvalue weighted by Crippen LogP contribution is 2.62. The highest BCUT2D eigenvalue weighted by molar-refractivity contribution is 8.04. The van der Waals surface area contributed by atoms with Gasteiger partial charge in [-0.05, 0) is 63.5 Å². The number of ether oxygens (including phenoxy) is 3. The van der Waals surface area contributed by atoms with Gasteiger partial charge >= 0.3 is 27.5 Å². The Kier molecular flexibility index (Phi) is 9.45. The van der Waals surface area contributed by atoms with Gasteiger partial charge in [0.25, 0.3) is 8.32 Å². The van der Waals surface area contributed by atoms with Crippen LogP contribution in [0.3, 0.4) is 0 Å². The van der Waals surface area contributed by atoms with Gasteiger partial charge in [0.05, 0.1) is 34.3 Å². The quantitative estimate of drug-likeness (QED) is 0.189. The average molecular weight is 724 g/mol. The number of hydrogen-bond acceptors (Lipinski definition) is 10. The lowest BCUT2D eigenvalue weighted by Gasteiger charge is -2.40. The molecule has 0 aromatic heterocycles. The van der Waals surface area contributed by atoms with E-state index in [0.717, 1.165) is 0 Å². The summed E-state index contributed by atoms with van der Waals surface area (Å²) in [5.74, 6) is -4.65. The Morgan fingerprint density at radius 3 is 2.02 bits per heavy atom. The Morgan fingerprint density at radius 2 is 1.55 bits per heavy atom. The fourth-order valence-electron chi connectivity index (χ4n) is 6.12. The first-order valence-corrected chi connectivity index (χ1v) is 21.0. The SMILES string of the molecule is CCOC(=O)C1(C(=O)OCC)C[C@H]2[C@H](S(=O)(=NS(=O)(=O)C(F)(F)F)c3ccc(C)cc3)[C@@H]3C=C(O[Si](C)(C)C(C)(C)C)C(=O)[C@@]2(C1)O3. The molecule has 2 fully saturated rings. The van der Waals surface area contributed by atoms with Gasteiger partial charge in [0.1, 0.15) is 11.4 Å². The number of carbonyl (C=O) groups is 3. The molecule has 1 aromatic rings. The zero-order valence-corrected chi connectivity index (χ0v) is 30.1. The van der Waals surface area contributed by atoms with Crippen LogP contribution in [0.15, 0.2) is 44.8 Å². The van der Waals surface area contributed by atoms with Gasteiger partial charge in [-0.2, -0.15) is 21.6 Å². The Bertz CT molecular complexity index is 1710. The summed E-state index contributed by atoms with van der Waals surface area (Å²) in [6.07, 6.45) is -1.52. The number of benzene rings is 1. The third-order valence-corrected chi connectivity index (χ3v) is 18.3. The molecule has 262 valence electrons. The van der Waals surface area contributed by atoms with E-state index >= 15 is 4.21 Å². The number of fused-ring (bicyclic) bond motifs is 1. The first-order valence-electron chi connectivity index (χ1n) is 15.1. The van der Waals surface area contributed by atoms with E-state index in [0.29, 0.717) is 5.56 Å². The molecule has 2 bridgehead atoms. The fraction of sp³-hybridized carbons (Fsp3) is 0.633. The summed E-state index contributed by atoms with van der Waals surface area (Å²) >= 11 is 0. The molecular formula is C30H40F3NO10S2Si. The van der Waals surface area contributed by atoms with Crippen molar-refractivity contribution >= 4 is 45.8 Å². The van der Waals surface area contributed by atoms with Gasteiger partial charge in [-0.3, -0.25) is 14.4 Å². The second-order valence-electron chi connectivity index (χ2n) is 13.5. The molecule has 1 saturated heterocycles. The van der Waals surface area contributed by atoms with Crippen molar-refractivity contribution in [1.29, 1.82) is 0 Å². The molecule has 1 unspecified atom stereocenters. The zero-order chi connectivity index (χ0) is 35.6. The van der Waals surface area contributed by atoms with Gasteiger partial charge in [-0.25, -0.2) is 4.21 Å². The Balaban J connectivity index is 2.08. The van der Waals surface area contributed by atoms with Crippen molar-refractivity contribution in [2.24, 2.45) is 15.1 Å². The molecule has 5 atom stereocenters. The van der Waals surface area contributed by atoms with Crippen molar-refractivity contribution in [1.82, 2.24) is 0 Å². The zero-order valence-electron chi connectivity index (χ0n) is 27.4. The maximum Gasteiger partial charge on any atom is 0.519 e. The molecule has 47 heavy (non-hydrogen) atoms. The minimum atomic E-state index is -6.38. The average Bonchev–Trinajstić information content (AvgIpc) is 3.39. The van der Waals surface area contributed by atoms with E-state index in [2.05, 4.69) is 3.77 Å². The Hall–Kier alpha value is -2.76. The minimum absolute atomic E-state index is 0.169. The lowest BCUT2D eigenvalue weighted by molar-refractivity contribution is -0.174. The molecule has 4 rings (SSSR count). The van der Waals surface area contributed by atoms with Crippen LogP contribution in [0.1, 0.15) is 53.0 Å². The van der Waals surface area contributed by atoms with Crippen molar-refractivity contribution in [3.05, 3.63) is 41.7 Å². The molecule has 17 heteroatoms. The van der Waals surface area contributed by atoms with Crippen LogP contribution in [0.4, 0.5) is 13.2 Å². The van der Waals surface area contributed by atoms with Gasteiger partial charge in [-0.15, -0.1) is 0 Å². The van der Waals surface area contributed by atoms with Gasteiger partial charge in [0, 0.05) is 17.2 Å². The van der Waals surface area contributed by atoms with Crippen LogP contribution in [-0.4, -0.2) is 74.3 Å². The first kappa shape index (κ1) is 37.1. The number of carbonyl (C=O) groups excluding carboxylic acids is 3. The van der Waals surface area contributed by atoms with Gasteiger partial charge in [-0.1, -0.05) is 42.2 Å². The van der Waals surface area contributed by atoms with Crippen LogP contribution < -0.4 is 0 Å². The van der Waals surface area contributed by atoms with Gasteiger partial charge in [0.15, 0.2) is 5.41 Å². The van der Waals surface area contributed by atoms with Crippen LogP contribution >= 0.6 is 0 Å². The number of nitrogens with zero attached hydrogens (tertiary/aromatic N) is 1. The van der Waals surface area contributed by atoms with Crippen molar-refractivity contribution in [3.8, 4) is 0 Å². The number of alkyl halides is 3. The van der Waals surface area contributed by atoms with E-state index in [4.69, 9.17) is 18.6 Å². The van der Waals surface area contributed by atoms with Gasteiger partial charge < -0.3 is 18.6 Å². The maximum absolute atomic E-state index is 15.2. The fourth-order valence-corrected chi connectivity index (χ4v) is 11.5. The summed E-state index contributed by atoms with van der Waals surface area (Å²) in [5, 5.41) is -2.19. The number of hydrogen-bond donors (Lipinski definition) is 0. The van der Waals surface area contributed by atoms with Crippen LogP contribution in [-0.2, 0) is 52.8 Å². The molecule has 1 aliphatic carbocycles. The maximum atomic E-state index is 15.2. The third-order valence-electron chi connectivity index (χ3n) is 9.45. The normalized spacial score (nSPS) is 26.9. The Labute approximate surface area is 273 Å². The van der Waals surface area contributed by atoms with Gasteiger partial charge in [0.2, 0.25) is 5.78 Å². The second kappa shape index (κ2) is 12.0. The largest absolute Gasteiger partial charge is 0.541 e. The number of ketones is 1.